The molecule has 0 saturated carbocycles. The summed E-state index contributed by atoms with van der Waals surface area (Å²) >= 11 is 0. The molecule has 18 heavy (non-hydrogen) atoms. The van der Waals surface area contributed by atoms with Crippen LogP contribution < -0.4 is 5.32 Å². The van der Waals surface area contributed by atoms with E-state index in [9.17, 15) is 0 Å². The highest BCUT2D eigenvalue weighted by molar-refractivity contribution is 5.22. The lowest BCUT2D eigenvalue weighted by Crippen LogP contribution is -2.16. The quantitative estimate of drug-likeness (QED) is 0.761. The lowest BCUT2D eigenvalue weighted by molar-refractivity contribution is 0.281. The summed E-state index contributed by atoms with van der Waals surface area (Å²) in [4.78, 5) is 4.00. The van der Waals surface area contributed by atoms with Crippen molar-refractivity contribution in [3.05, 3.63) is 65.5 Å². The summed E-state index contributed by atoms with van der Waals surface area (Å²) < 4.78 is 0. The number of nitrogens with zero attached hydrogens (tertiary/aromatic N) is 1. The molecule has 0 radical (unpaired) electrons. The minimum absolute atomic E-state index is 0.102. The molecule has 3 nitrogen and oxygen atoms in total. The summed E-state index contributed by atoms with van der Waals surface area (Å²) in [5.74, 6) is 0. The second kappa shape index (κ2) is 6.89. The van der Waals surface area contributed by atoms with Crippen LogP contribution in [0.5, 0.6) is 0 Å². The molecule has 0 bridgehead atoms. The third-order valence-electron chi connectivity index (χ3n) is 2.84. The van der Waals surface area contributed by atoms with Crippen molar-refractivity contribution in [2.45, 2.75) is 19.6 Å². The first-order valence-electron chi connectivity index (χ1n) is 6.17. The molecular weight excluding hydrogens is 224 g/mol. The zero-order chi connectivity index (χ0) is 12.6. The highest BCUT2D eigenvalue weighted by atomic mass is 16.3. The Bertz CT molecular complexity index is 471. The minimum atomic E-state index is 0.102. The van der Waals surface area contributed by atoms with Crippen LogP contribution in [0, 0.1) is 0 Å². The number of hydrogen-bond donors (Lipinski definition) is 2. The maximum atomic E-state index is 9.06. The first kappa shape index (κ1) is 12.7. The average molecular weight is 242 g/mol. The molecular formula is C15H18N2O. The average Bonchev–Trinajstić information content (AvgIpc) is 2.45. The van der Waals surface area contributed by atoms with Gasteiger partial charge in [0.05, 0.1) is 6.61 Å². The van der Waals surface area contributed by atoms with Crippen LogP contribution in [0.1, 0.15) is 16.7 Å². The third kappa shape index (κ3) is 3.95. The number of rotatable bonds is 6. The van der Waals surface area contributed by atoms with Crippen molar-refractivity contribution in [1.29, 1.82) is 0 Å². The summed E-state index contributed by atoms with van der Waals surface area (Å²) in [5.41, 5.74) is 3.46. The molecule has 0 unspecified atom stereocenters. The van der Waals surface area contributed by atoms with E-state index in [0.717, 1.165) is 25.1 Å². The van der Waals surface area contributed by atoms with E-state index in [0.29, 0.717) is 0 Å². The molecule has 2 rings (SSSR count). The lowest BCUT2D eigenvalue weighted by Gasteiger charge is -2.06. The normalized spacial score (nSPS) is 10.5. The van der Waals surface area contributed by atoms with Gasteiger partial charge in [0.2, 0.25) is 0 Å². The molecule has 1 aromatic heterocycles. The van der Waals surface area contributed by atoms with Crippen LogP contribution in [-0.2, 0) is 19.6 Å². The SMILES string of the molecule is OCc1cccc(CNCCc2ccncc2)c1. The molecule has 1 heterocycles. The Labute approximate surface area is 108 Å². The number of benzene rings is 1. The van der Waals surface area contributed by atoms with E-state index in [-0.39, 0.29) is 6.61 Å². The van der Waals surface area contributed by atoms with Crippen LogP contribution in [0.2, 0.25) is 0 Å². The smallest absolute Gasteiger partial charge is 0.0681 e. The Morgan fingerprint density at radius 1 is 1.00 bits per heavy atom. The van der Waals surface area contributed by atoms with Gasteiger partial charge in [0.15, 0.2) is 0 Å². The van der Waals surface area contributed by atoms with Gasteiger partial charge in [-0.25, -0.2) is 0 Å². The van der Waals surface area contributed by atoms with Gasteiger partial charge in [-0.2, -0.15) is 0 Å². The van der Waals surface area contributed by atoms with Crippen molar-refractivity contribution in [2.24, 2.45) is 0 Å². The second-order valence-electron chi connectivity index (χ2n) is 4.26. The highest BCUT2D eigenvalue weighted by Crippen LogP contribution is 2.05. The first-order valence-corrected chi connectivity index (χ1v) is 6.17. The maximum absolute atomic E-state index is 9.06. The first-order chi connectivity index (χ1) is 8.88. The third-order valence-corrected chi connectivity index (χ3v) is 2.84. The molecule has 2 aromatic rings. The van der Waals surface area contributed by atoms with Crippen LogP contribution in [0.15, 0.2) is 48.8 Å². The zero-order valence-electron chi connectivity index (χ0n) is 10.3. The molecule has 1 aromatic carbocycles. The van der Waals surface area contributed by atoms with E-state index in [1.54, 1.807) is 0 Å². The number of nitrogens with one attached hydrogen (secondary N) is 1. The molecule has 0 fully saturated rings. The standard InChI is InChI=1S/C15H18N2O/c18-12-15-3-1-2-14(10-15)11-17-9-6-13-4-7-16-8-5-13/h1-5,7-8,10,17-18H,6,9,11-12H2. The Morgan fingerprint density at radius 2 is 1.78 bits per heavy atom. The monoisotopic (exact) mass is 242 g/mol. The van der Waals surface area contributed by atoms with E-state index < -0.39 is 0 Å². The molecule has 0 saturated heterocycles. The molecule has 2 N–H and O–H groups in total. The lowest BCUT2D eigenvalue weighted by atomic mass is 10.1. The van der Waals surface area contributed by atoms with Crippen LogP contribution in [0.25, 0.3) is 0 Å². The van der Waals surface area contributed by atoms with Gasteiger partial charge in [0.1, 0.15) is 0 Å². The molecule has 3 heteroatoms. The number of pyridine rings is 1. The Morgan fingerprint density at radius 3 is 2.56 bits per heavy atom. The minimum Gasteiger partial charge on any atom is -0.392 e. The van der Waals surface area contributed by atoms with Crippen molar-refractivity contribution in [2.75, 3.05) is 6.54 Å². The highest BCUT2D eigenvalue weighted by Gasteiger charge is 1.96. The maximum Gasteiger partial charge on any atom is 0.0681 e. The molecule has 94 valence electrons. The number of hydrogen-bond acceptors (Lipinski definition) is 3. The number of aromatic nitrogens is 1. The Hall–Kier alpha value is -1.71. The van der Waals surface area contributed by atoms with E-state index >= 15 is 0 Å². The molecule has 0 aliphatic rings. The van der Waals surface area contributed by atoms with Crippen molar-refractivity contribution < 1.29 is 5.11 Å². The van der Waals surface area contributed by atoms with E-state index in [1.807, 2.05) is 42.7 Å². The number of aliphatic hydroxyl groups excluding tert-OH is 1. The summed E-state index contributed by atoms with van der Waals surface area (Å²) in [6.45, 7) is 1.87. The van der Waals surface area contributed by atoms with Crippen molar-refractivity contribution in [3.8, 4) is 0 Å². The fourth-order valence-corrected chi connectivity index (χ4v) is 1.85. The number of aliphatic hydroxyl groups is 1. The summed E-state index contributed by atoms with van der Waals surface area (Å²) in [6, 6.07) is 12.1. The summed E-state index contributed by atoms with van der Waals surface area (Å²) in [6.07, 6.45) is 4.64. The summed E-state index contributed by atoms with van der Waals surface area (Å²) in [5, 5.41) is 12.5. The second-order valence-corrected chi connectivity index (χ2v) is 4.26. The van der Waals surface area contributed by atoms with Gasteiger partial charge in [-0.3, -0.25) is 4.98 Å². The molecule has 0 atom stereocenters. The summed E-state index contributed by atoms with van der Waals surface area (Å²) in [7, 11) is 0. The van der Waals surface area contributed by atoms with Gasteiger partial charge in [-0.05, 0) is 41.8 Å². The predicted octanol–water partition coefficient (Wildman–Crippen LogP) is 1.91. The van der Waals surface area contributed by atoms with Gasteiger partial charge < -0.3 is 10.4 Å². The van der Waals surface area contributed by atoms with Gasteiger partial charge >= 0.3 is 0 Å². The molecule has 0 aliphatic carbocycles. The van der Waals surface area contributed by atoms with Gasteiger partial charge in [-0.1, -0.05) is 24.3 Å². The molecule has 0 amide bonds. The topological polar surface area (TPSA) is 45.1 Å². The van der Waals surface area contributed by atoms with Gasteiger partial charge in [-0.15, -0.1) is 0 Å². The Kier molecular flexibility index (Phi) is 4.88. The van der Waals surface area contributed by atoms with E-state index in [2.05, 4.69) is 16.4 Å². The van der Waals surface area contributed by atoms with E-state index in [4.69, 9.17) is 5.11 Å². The van der Waals surface area contributed by atoms with Crippen LogP contribution >= 0.6 is 0 Å². The van der Waals surface area contributed by atoms with Crippen molar-refractivity contribution in [1.82, 2.24) is 10.3 Å². The van der Waals surface area contributed by atoms with Crippen LogP contribution in [0.3, 0.4) is 0 Å². The van der Waals surface area contributed by atoms with E-state index in [1.165, 1.54) is 11.1 Å². The zero-order valence-corrected chi connectivity index (χ0v) is 10.3. The van der Waals surface area contributed by atoms with Crippen molar-refractivity contribution in [3.63, 3.8) is 0 Å². The van der Waals surface area contributed by atoms with Crippen molar-refractivity contribution >= 4 is 0 Å². The molecule has 0 aliphatic heterocycles. The van der Waals surface area contributed by atoms with Crippen LogP contribution in [0.4, 0.5) is 0 Å². The Balaban J connectivity index is 1.75. The fourth-order valence-electron chi connectivity index (χ4n) is 1.85. The van der Waals surface area contributed by atoms with Crippen LogP contribution in [-0.4, -0.2) is 16.6 Å². The predicted molar refractivity (Wildman–Crippen MR) is 72.0 cm³/mol. The molecule has 0 spiro atoms. The van der Waals surface area contributed by atoms with Gasteiger partial charge in [0, 0.05) is 18.9 Å². The fraction of sp³-hybridized carbons (Fsp3) is 0.267. The van der Waals surface area contributed by atoms with Gasteiger partial charge in [0.25, 0.3) is 0 Å². The largest absolute Gasteiger partial charge is 0.392 e.